The predicted molar refractivity (Wildman–Crippen MR) is 74.0 cm³/mol. The monoisotopic (exact) mass is 271 g/mol. The van der Waals surface area contributed by atoms with E-state index in [1.54, 1.807) is 18.2 Å². The fourth-order valence-corrected chi connectivity index (χ4v) is 2.03. The van der Waals surface area contributed by atoms with Crippen LogP contribution in [0.1, 0.15) is 0 Å². The minimum Gasteiger partial charge on any atom is -0.507 e. The first-order valence-corrected chi connectivity index (χ1v) is 6.13. The maximum Gasteiger partial charge on any atom is 0.171 e. The molecule has 19 heavy (non-hydrogen) atoms. The maximum atomic E-state index is 9.85. The topological polar surface area (TPSA) is 46.3 Å². The van der Waals surface area contributed by atoms with Gasteiger partial charge in [-0.15, -0.1) is 0 Å². The van der Waals surface area contributed by atoms with Crippen molar-refractivity contribution < 1.29 is 9.63 Å². The predicted octanol–water partition coefficient (Wildman–Crippen LogP) is 4.37. The summed E-state index contributed by atoms with van der Waals surface area (Å²) in [5, 5.41) is 14.3. The molecule has 3 rings (SSSR count). The molecular weight excluding hydrogens is 262 g/mol. The van der Waals surface area contributed by atoms with Crippen LogP contribution < -0.4 is 0 Å². The van der Waals surface area contributed by atoms with Gasteiger partial charge >= 0.3 is 0 Å². The molecule has 1 aromatic heterocycles. The molecule has 0 unspecified atom stereocenters. The molecule has 0 amide bonds. The fraction of sp³-hybridized carbons (Fsp3) is 0. The van der Waals surface area contributed by atoms with Gasteiger partial charge in [0, 0.05) is 16.7 Å². The maximum absolute atomic E-state index is 9.85. The Kier molecular flexibility index (Phi) is 2.97. The molecule has 3 aromatic rings. The molecule has 0 spiro atoms. The molecule has 0 radical (unpaired) electrons. The van der Waals surface area contributed by atoms with Gasteiger partial charge in [-0.25, -0.2) is 0 Å². The highest BCUT2D eigenvalue weighted by molar-refractivity contribution is 6.30. The Morgan fingerprint density at radius 2 is 1.79 bits per heavy atom. The third-order valence-electron chi connectivity index (χ3n) is 2.80. The van der Waals surface area contributed by atoms with Gasteiger partial charge in [0.25, 0.3) is 0 Å². The van der Waals surface area contributed by atoms with Crippen LogP contribution in [-0.4, -0.2) is 10.3 Å². The van der Waals surface area contributed by atoms with Gasteiger partial charge in [0.1, 0.15) is 11.4 Å². The van der Waals surface area contributed by atoms with Crippen LogP contribution in [-0.2, 0) is 0 Å². The van der Waals surface area contributed by atoms with E-state index in [4.69, 9.17) is 16.1 Å². The van der Waals surface area contributed by atoms with Crippen molar-refractivity contribution >= 4 is 11.6 Å². The first-order chi connectivity index (χ1) is 9.24. The van der Waals surface area contributed by atoms with Crippen molar-refractivity contribution in [2.24, 2.45) is 0 Å². The van der Waals surface area contributed by atoms with E-state index in [2.05, 4.69) is 5.16 Å². The van der Waals surface area contributed by atoms with Gasteiger partial charge < -0.3 is 9.63 Å². The summed E-state index contributed by atoms with van der Waals surface area (Å²) in [5.74, 6) is 0.580. The lowest BCUT2D eigenvalue weighted by molar-refractivity contribution is 0.428. The summed E-state index contributed by atoms with van der Waals surface area (Å²) in [4.78, 5) is 0. The third-order valence-corrected chi connectivity index (χ3v) is 3.04. The van der Waals surface area contributed by atoms with Crippen molar-refractivity contribution in [1.29, 1.82) is 0 Å². The second kappa shape index (κ2) is 4.78. The molecule has 2 aromatic carbocycles. The number of hydrogen-bond acceptors (Lipinski definition) is 3. The van der Waals surface area contributed by atoms with Crippen molar-refractivity contribution in [3.63, 3.8) is 0 Å². The van der Waals surface area contributed by atoms with Crippen molar-refractivity contribution in [3.8, 4) is 28.3 Å². The fourth-order valence-electron chi connectivity index (χ4n) is 1.86. The average Bonchev–Trinajstić information content (AvgIpc) is 2.89. The van der Waals surface area contributed by atoms with E-state index in [0.29, 0.717) is 16.3 Å². The zero-order valence-corrected chi connectivity index (χ0v) is 10.6. The Morgan fingerprint density at radius 1 is 1.00 bits per heavy atom. The van der Waals surface area contributed by atoms with Crippen LogP contribution >= 0.6 is 11.6 Å². The summed E-state index contributed by atoms with van der Waals surface area (Å²) < 4.78 is 5.27. The van der Waals surface area contributed by atoms with Gasteiger partial charge in [0.2, 0.25) is 0 Å². The normalized spacial score (nSPS) is 10.6. The minimum atomic E-state index is 0.0725. The van der Waals surface area contributed by atoms with E-state index in [1.165, 1.54) is 6.07 Å². The molecule has 0 atom stereocenters. The summed E-state index contributed by atoms with van der Waals surface area (Å²) >= 11 is 5.80. The van der Waals surface area contributed by atoms with Crippen LogP contribution in [0.4, 0.5) is 0 Å². The van der Waals surface area contributed by atoms with E-state index in [0.717, 1.165) is 11.3 Å². The number of rotatable bonds is 2. The Hall–Kier alpha value is -2.26. The smallest absolute Gasteiger partial charge is 0.171 e. The lowest BCUT2D eigenvalue weighted by Crippen LogP contribution is -1.76. The summed E-state index contributed by atoms with van der Waals surface area (Å²) in [6.07, 6.45) is 0. The summed E-state index contributed by atoms with van der Waals surface area (Å²) in [7, 11) is 0. The molecular formula is C15H10ClNO2. The van der Waals surface area contributed by atoms with Gasteiger partial charge in [-0.2, -0.15) is 0 Å². The van der Waals surface area contributed by atoms with E-state index in [1.807, 2.05) is 30.3 Å². The first kappa shape index (κ1) is 11.8. The molecule has 0 aliphatic heterocycles. The van der Waals surface area contributed by atoms with E-state index in [9.17, 15) is 5.11 Å². The number of nitrogens with zero attached hydrogens (tertiary/aromatic N) is 1. The van der Waals surface area contributed by atoms with Crippen molar-refractivity contribution in [1.82, 2.24) is 5.16 Å². The van der Waals surface area contributed by atoms with Crippen molar-refractivity contribution in [3.05, 3.63) is 59.6 Å². The highest BCUT2D eigenvalue weighted by Crippen LogP contribution is 2.33. The molecule has 3 nitrogen and oxygen atoms in total. The molecule has 0 fully saturated rings. The molecule has 0 aliphatic carbocycles. The Balaban J connectivity index is 2.02. The van der Waals surface area contributed by atoms with Gasteiger partial charge in [-0.3, -0.25) is 0 Å². The average molecular weight is 272 g/mol. The largest absolute Gasteiger partial charge is 0.507 e. The lowest BCUT2D eigenvalue weighted by Gasteiger charge is -1.99. The Labute approximate surface area is 115 Å². The Morgan fingerprint density at radius 3 is 2.53 bits per heavy atom. The minimum absolute atomic E-state index is 0.0725. The van der Waals surface area contributed by atoms with Gasteiger partial charge in [0.15, 0.2) is 5.76 Å². The SMILES string of the molecule is Oc1cc(Cl)ccc1-c1cc(-c2ccccc2)no1. The molecule has 0 saturated carbocycles. The van der Waals surface area contributed by atoms with Crippen molar-refractivity contribution in [2.75, 3.05) is 0 Å². The molecule has 0 aliphatic rings. The van der Waals surface area contributed by atoms with Crippen LogP contribution in [0.5, 0.6) is 5.75 Å². The van der Waals surface area contributed by atoms with E-state index in [-0.39, 0.29) is 5.75 Å². The van der Waals surface area contributed by atoms with Crippen LogP contribution in [0, 0.1) is 0 Å². The molecule has 1 heterocycles. The van der Waals surface area contributed by atoms with Crippen LogP contribution in [0.2, 0.25) is 5.02 Å². The number of phenolic OH excluding ortho intramolecular Hbond substituents is 1. The molecule has 1 N–H and O–H groups in total. The van der Waals surface area contributed by atoms with Gasteiger partial charge in [-0.1, -0.05) is 47.1 Å². The Bertz CT molecular complexity index is 707. The zero-order chi connectivity index (χ0) is 13.2. The number of aromatic hydroxyl groups is 1. The van der Waals surface area contributed by atoms with Gasteiger partial charge in [0.05, 0.1) is 5.56 Å². The number of aromatic nitrogens is 1. The quantitative estimate of drug-likeness (QED) is 0.753. The summed E-state index contributed by atoms with van der Waals surface area (Å²) in [5.41, 5.74) is 2.26. The lowest BCUT2D eigenvalue weighted by atomic mass is 10.1. The molecule has 4 heteroatoms. The molecule has 0 saturated heterocycles. The summed E-state index contributed by atoms with van der Waals surface area (Å²) in [6, 6.07) is 16.4. The molecule has 0 bridgehead atoms. The number of benzene rings is 2. The summed E-state index contributed by atoms with van der Waals surface area (Å²) in [6.45, 7) is 0. The number of phenols is 1. The second-order valence-corrected chi connectivity index (χ2v) is 4.54. The number of hydrogen-bond donors (Lipinski definition) is 1. The van der Waals surface area contributed by atoms with Crippen LogP contribution in [0.3, 0.4) is 0 Å². The zero-order valence-electron chi connectivity index (χ0n) is 9.88. The van der Waals surface area contributed by atoms with Crippen molar-refractivity contribution in [2.45, 2.75) is 0 Å². The highest BCUT2D eigenvalue weighted by Gasteiger charge is 2.12. The third kappa shape index (κ3) is 2.33. The van der Waals surface area contributed by atoms with Crippen LogP contribution in [0.25, 0.3) is 22.6 Å². The second-order valence-electron chi connectivity index (χ2n) is 4.10. The van der Waals surface area contributed by atoms with E-state index < -0.39 is 0 Å². The van der Waals surface area contributed by atoms with Crippen LogP contribution in [0.15, 0.2) is 59.1 Å². The standard InChI is InChI=1S/C15H10ClNO2/c16-11-6-7-12(14(18)8-11)15-9-13(17-19-15)10-4-2-1-3-5-10/h1-9,18H. The van der Waals surface area contributed by atoms with E-state index >= 15 is 0 Å². The highest BCUT2D eigenvalue weighted by atomic mass is 35.5. The number of halogens is 1. The van der Waals surface area contributed by atoms with Gasteiger partial charge in [-0.05, 0) is 18.2 Å². The first-order valence-electron chi connectivity index (χ1n) is 5.75. The molecule has 94 valence electrons.